The number of hydrogen-bond acceptors (Lipinski definition) is 2. The van der Waals surface area contributed by atoms with Gasteiger partial charge in [0.1, 0.15) is 5.69 Å². The van der Waals surface area contributed by atoms with E-state index < -0.39 is 0 Å². The van der Waals surface area contributed by atoms with E-state index in [2.05, 4.69) is 42.7 Å². The molecule has 0 N–H and O–H groups in total. The summed E-state index contributed by atoms with van der Waals surface area (Å²) in [5.41, 5.74) is 4.32. The van der Waals surface area contributed by atoms with Crippen LogP contribution in [0.4, 0.5) is 0 Å². The van der Waals surface area contributed by atoms with Crippen LogP contribution in [-0.2, 0) is 17.7 Å². The van der Waals surface area contributed by atoms with Crippen molar-refractivity contribution < 1.29 is 9.53 Å². The molecule has 0 saturated heterocycles. The van der Waals surface area contributed by atoms with Gasteiger partial charge in [-0.1, -0.05) is 43.2 Å². The number of rotatable bonds is 6. The fourth-order valence-electron chi connectivity index (χ4n) is 2.44. The van der Waals surface area contributed by atoms with Crippen LogP contribution in [0, 0.1) is 6.92 Å². The normalized spacial score (nSPS) is 10.6. The van der Waals surface area contributed by atoms with E-state index in [4.69, 9.17) is 4.74 Å². The first kappa shape index (κ1) is 15.4. The van der Waals surface area contributed by atoms with Gasteiger partial charge < -0.3 is 9.30 Å². The Kier molecular flexibility index (Phi) is 5.20. The summed E-state index contributed by atoms with van der Waals surface area (Å²) in [5.74, 6) is -0.263. The minimum Gasteiger partial charge on any atom is -0.464 e. The summed E-state index contributed by atoms with van der Waals surface area (Å²) >= 11 is 0. The summed E-state index contributed by atoms with van der Waals surface area (Å²) < 4.78 is 6.97. The van der Waals surface area contributed by atoms with Gasteiger partial charge in [-0.15, -0.1) is 0 Å². The molecule has 112 valence electrons. The van der Waals surface area contributed by atoms with E-state index in [1.807, 2.05) is 12.1 Å². The van der Waals surface area contributed by atoms with Crippen LogP contribution >= 0.6 is 0 Å². The van der Waals surface area contributed by atoms with Crippen molar-refractivity contribution in [2.75, 3.05) is 7.11 Å². The Morgan fingerprint density at radius 2 is 1.86 bits per heavy atom. The van der Waals surface area contributed by atoms with Crippen molar-refractivity contribution in [3.05, 3.63) is 58.9 Å². The van der Waals surface area contributed by atoms with Crippen LogP contribution in [0.2, 0.25) is 0 Å². The summed E-state index contributed by atoms with van der Waals surface area (Å²) in [7, 11) is 1.43. The van der Waals surface area contributed by atoms with E-state index in [1.54, 1.807) is 0 Å². The molecule has 0 aliphatic heterocycles. The summed E-state index contributed by atoms with van der Waals surface area (Å²) in [6.45, 7) is 5.10. The maximum absolute atomic E-state index is 11.9. The second-order valence-corrected chi connectivity index (χ2v) is 5.37. The number of carbonyl (C=O) groups is 1. The van der Waals surface area contributed by atoms with Gasteiger partial charge in [0.05, 0.1) is 7.11 Å². The highest BCUT2D eigenvalue weighted by Gasteiger charge is 2.15. The predicted octanol–water partition coefficient (Wildman–Crippen LogP) is 3.97. The van der Waals surface area contributed by atoms with Crippen LogP contribution in [0.5, 0.6) is 0 Å². The minimum absolute atomic E-state index is 0.263. The number of ether oxygens (including phenoxy) is 1. The molecule has 1 heterocycles. The fourth-order valence-corrected chi connectivity index (χ4v) is 2.44. The van der Waals surface area contributed by atoms with E-state index in [0.29, 0.717) is 5.69 Å². The first-order chi connectivity index (χ1) is 10.2. The molecule has 0 unspecified atom stereocenters. The molecule has 0 saturated carbocycles. The average molecular weight is 285 g/mol. The Morgan fingerprint density at radius 3 is 2.48 bits per heavy atom. The van der Waals surface area contributed by atoms with E-state index in [0.717, 1.165) is 31.5 Å². The number of hydrogen-bond donors (Lipinski definition) is 0. The first-order valence-electron chi connectivity index (χ1n) is 7.48. The summed E-state index contributed by atoms with van der Waals surface area (Å²) in [4.78, 5) is 11.9. The molecule has 0 bridgehead atoms. The topological polar surface area (TPSA) is 31.2 Å². The number of aromatic nitrogens is 1. The van der Waals surface area contributed by atoms with Gasteiger partial charge in [-0.2, -0.15) is 0 Å². The maximum Gasteiger partial charge on any atom is 0.354 e. The number of methoxy groups -OCH3 is 1. The van der Waals surface area contributed by atoms with Crippen molar-refractivity contribution in [2.45, 2.75) is 39.7 Å². The lowest BCUT2D eigenvalue weighted by Crippen LogP contribution is -2.13. The molecule has 21 heavy (non-hydrogen) atoms. The van der Waals surface area contributed by atoms with Crippen LogP contribution in [0.15, 0.2) is 36.4 Å². The quantitative estimate of drug-likeness (QED) is 0.752. The predicted molar refractivity (Wildman–Crippen MR) is 84.7 cm³/mol. The Labute approximate surface area is 126 Å². The summed E-state index contributed by atoms with van der Waals surface area (Å²) in [6.07, 6.45) is 2.99. The van der Waals surface area contributed by atoms with Gasteiger partial charge in [0.25, 0.3) is 0 Å². The molecule has 2 aromatic rings. The molecule has 1 aromatic heterocycles. The first-order valence-corrected chi connectivity index (χ1v) is 7.48. The lowest BCUT2D eigenvalue weighted by Gasteiger charge is -2.12. The largest absolute Gasteiger partial charge is 0.464 e. The van der Waals surface area contributed by atoms with Crippen LogP contribution in [-0.4, -0.2) is 17.6 Å². The van der Waals surface area contributed by atoms with Crippen molar-refractivity contribution in [3.63, 3.8) is 0 Å². The monoisotopic (exact) mass is 285 g/mol. The van der Waals surface area contributed by atoms with Crippen molar-refractivity contribution in [1.82, 2.24) is 4.57 Å². The molecule has 0 aliphatic rings. The molecule has 0 amide bonds. The molecular formula is C18H23NO2. The van der Waals surface area contributed by atoms with Crippen LogP contribution in [0.25, 0.3) is 0 Å². The molecule has 3 heteroatoms. The van der Waals surface area contributed by atoms with Crippen molar-refractivity contribution >= 4 is 5.97 Å². The number of benzene rings is 1. The zero-order valence-corrected chi connectivity index (χ0v) is 13.1. The number of nitrogens with zero attached hydrogens (tertiary/aromatic N) is 1. The van der Waals surface area contributed by atoms with E-state index in [1.165, 1.54) is 18.2 Å². The molecular weight excluding hydrogens is 262 g/mol. The van der Waals surface area contributed by atoms with Gasteiger partial charge in [0.15, 0.2) is 0 Å². The highest BCUT2D eigenvalue weighted by Crippen LogP contribution is 2.17. The Balaban J connectivity index is 2.27. The zero-order valence-electron chi connectivity index (χ0n) is 13.1. The van der Waals surface area contributed by atoms with E-state index >= 15 is 0 Å². The number of aryl methyl sites for hydroxylation is 1. The van der Waals surface area contributed by atoms with Gasteiger partial charge in [-0.25, -0.2) is 4.79 Å². The van der Waals surface area contributed by atoms with E-state index in [-0.39, 0.29) is 5.97 Å². The Bertz CT molecular complexity index is 596. The Hall–Kier alpha value is -2.03. The molecule has 0 radical (unpaired) electrons. The number of carbonyl (C=O) groups excluding carboxylic acids is 1. The third kappa shape index (κ3) is 3.75. The fraction of sp³-hybridized carbons (Fsp3) is 0.389. The van der Waals surface area contributed by atoms with Gasteiger partial charge in [0.2, 0.25) is 0 Å². The molecule has 2 rings (SSSR count). The zero-order chi connectivity index (χ0) is 15.2. The van der Waals surface area contributed by atoms with Crippen molar-refractivity contribution in [1.29, 1.82) is 0 Å². The molecule has 3 nitrogen and oxygen atoms in total. The van der Waals surface area contributed by atoms with Gasteiger partial charge in [-0.05, 0) is 31.0 Å². The summed E-state index contributed by atoms with van der Waals surface area (Å²) in [5, 5.41) is 0. The highest BCUT2D eigenvalue weighted by molar-refractivity contribution is 5.87. The summed E-state index contributed by atoms with van der Waals surface area (Å²) in [6, 6.07) is 12.4. The van der Waals surface area contributed by atoms with Gasteiger partial charge >= 0.3 is 5.97 Å². The molecule has 0 atom stereocenters. The second-order valence-electron chi connectivity index (χ2n) is 5.37. The molecule has 0 fully saturated rings. The van der Waals surface area contributed by atoms with Crippen molar-refractivity contribution in [3.8, 4) is 0 Å². The van der Waals surface area contributed by atoms with Crippen molar-refractivity contribution in [2.24, 2.45) is 0 Å². The van der Waals surface area contributed by atoms with Crippen LogP contribution in [0.3, 0.4) is 0 Å². The molecule has 1 aromatic carbocycles. The number of esters is 1. The van der Waals surface area contributed by atoms with Crippen LogP contribution < -0.4 is 0 Å². The van der Waals surface area contributed by atoms with Gasteiger partial charge in [-0.3, -0.25) is 0 Å². The maximum atomic E-state index is 11.9. The third-order valence-electron chi connectivity index (χ3n) is 3.71. The van der Waals surface area contributed by atoms with E-state index in [9.17, 15) is 4.79 Å². The standard InChI is InChI=1S/C18H23NO2/c1-4-5-12-19-16(10-11-17(19)18(20)21-3)13-15-8-6-14(2)7-9-15/h6-11H,4-5,12-13H2,1-3H3. The molecule has 0 aliphatic carbocycles. The smallest absolute Gasteiger partial charge is 0.354 e. The second kappa shape index (κ2) is 7.11. The minimum atomic E-state index is -0.263. The SMILES string of the molecule is CCCCn1c(Cc2ccc(C)cc2)ccc1C(=O)OC. The van der Waals surface area contributed by atoms with Gasteiger partial charge in [0, 0.05) is 18.7 Å². The lowest BCUT2D eigenvalue weighted by atomic mass is 10.1. The molecule has 0 spiro atoms. The number of unbranched alkanes of at least 4 members (excludes halogenated alkanes) is 1. The van der Waals surface area contributed by atoms with Crippen LogP contribution in [0.1, 0.15) is 47.1 Å². The highest BCUT2D eigenvalue weighted by atomic mass is 16.5. The Morgan fingerprint density at radius 1 is 1.14 bits per heavy atom. The average Bonchev–Trinajstić information content (AvgIpc) is 2.89. The third-order valence-corrected chi connectivity index (χ3v) is 3.71. The lowest BCUT2D eigenvalue weighted by molar-refractivity contribution is 0.0588.